The second kappa shape index (κ2) is 8.82. The fourth-order valence-electron chi connectivity index (χ4n) is 0. The van der Waals surface area contributed by atoms with E-state index in [2.05, 4.69) is 0 Å². The summed E-state index contributed by atoms with van der Waals surface area (Å²) in [6.07, 6.45) is 0. The monoisotopic (exact) mass is 156 g/mol. The van der Waals surface area contributed by atoms with Gasteiger partial charge >= 0.3 is 33.3 Å². The molecule has 0 saturated heterocycles. The molecule has 0 spiro atoms. The van der Waals surface area contributed by atoms with Gasteiger partial charge in [0.15, 0.2) is 17.4 Å². The Morgan fingerprint density at radius 3 is 1.25 bits per heavy atom. The van der Waals surface area contributed by atoms with Crippen molar-refractivity contribution in [1.82, 2.24) is 0 Å². The summed E-state index contributed by atoms with van der Waals surface area (Å²) in [7, 11) is 9.53. The standard InChI is InChI=1S/Al.2ClH.Fe.3H/h;2*1H;;;;/q;;;+2;;;/p-2. The SMILES string of the molecule is [AlH3].[Cl][Fe][Cl]. The van der Waals surface area contributed by atoms with Gasteiger partial charge in [-0.15, -0.1) is 0 Å². The van der Waals surface area contributed by atoms with Crippen LogP contribution in [-0.4, -0.2) is 17.4 Å². The molecule has 0 radical (unpaired) electrons. The van der Waals surface area contributed by atoms with E-state index < -0.39 is 0 Å². The van der Waals surface area contributed by atoms with Crippen molar-refractivity contribution in [2.24, 2.45) is 0 Å². The van der Waals surface area contributed by atoms with Gasteiger partial charge in [-0.1, -0.05) is 0 Å². The molecule has 0 atom stereocenters. The molecule has 0 bridgehead atoms. The van der Waals surface area contributed by atoms with Crippen LogP contribution in [0.25, 0.3) is 0 Å². The van der Waals surface area contributed by atoms with Crippen LogP contribution in [0.3, 0.4) is 0 Å². The zero-order valence-electron chi connectivity index (χ0n) is 1.11. The average Bonchev–Trinajstić information content (AvgIpc) is 0.918. The van der Waals surface area contributed by atoms with Gasteiger partial charge in [-0.05, 0) is 0 Å². The molecule has 0 aliphatic heterocycles. The number of rotatable bonds is 0. The minimum absolute atomic E-state index is 0. The van der Waals surface area contributed by atoms with E-state index in [1.807, 2.05) is 0 Å². The van der Waals surface area contributed by atoms with Gasteiger partial charge < -0.3 is 0 Å². The van der Waals surface area contributed by atoms with Crippen molar-refractivity contribution in [2.75, 3.05) is 0 Å². The Morgan fingerprint density at radius 2 is 1.25 bits per heavy atom. The van der Waals surface area contributed by atoms with E-state index in [4.69, 9.17) is 20.2 Å². The van der Waals surface area contributed by atoms with Crippen molar-refractivity contribution in [1.29, 1.82) is 0 Å². The van der Waals surface area contributed by atoms with Gasteiger partial charge in [0.2, 0.25) is 0 Å². The predicted octanol–water partition coefficient (Wildman–Crippen LogP) is 0.193. The number of halogens is 2. The molecule has 0 rings (SSSR count). The molecule has 0 aromatic rings. The van der Waals surface area contributed by atoms with E-state index in [0.717, 1.165) is 0 Å². The van der Waals surface area contributed by atoms with Crippen molar-refractivity contribution in [3.05, 3.63) is 0 Å². The van der Waals surface area contributed by atoms with Gasteiger partial charge in [0.05, 0.1) is 0 Å². The molecular formula is H3AlCl2Fe. The summed E-state index contributed by atoms with van der Waals surface area (Å²) in [5.41, 5.74) is 0. The van der Waals surface area contributed by atoms with Crippen LogP contribution < -0.4 is 0 Å². The van der Waals surface area contributed by atoms with Gasteiger partial charge in [-0.3, -0.25) is 0 Å². The van der Waals surface area contributed by atoms with E-state index in [0.29, 0.717) is 0 Å². The van der Waals surface area contributed by atoms with E-state index >= 15 is 0 Å². The fourth-order valence-corrected chi connectivity index (χ4v) is 0. The van der Waals surface area contributed by atoms with Crippen LogP contribution in [0, 0.1) is 0 Å². The molecule has 4 heteroatoms. The Labute approximate surface area is 50.6 Å². The van der Waals surface area contributed by atoms with Gasteiger partial charge in [-0.2, -0.15) is 0 Å². The molecule has 0 aliphatic carbocycles. The topological polar surface area (TPSA) is 0 Å². The summed E-state index contributed by atoms with van der Waals surface area (Å²) in [6.45, 7) is 0. The first kappa shape index (κ1) is 9.16. The van der Waals surface area contributed by atoms with Crippen LogP contribution in [0.1, 0.15) is 0 Å². The minimum atomic E-state index is 0. The zero-order chi connectivity index (χ0) is 2.71. The Bertz CT molecular complexity index is 6.00. The van der Waals surface area contributed by atoms with Gasteiger partial charge in [0.25, 0.3) is 0 Å². The van der Waals surface area contributed by atoms with Gasteiger partial charge in [0, 0.05) is 0 Å². The predicted molar refractivity (Wildman–Crippen MR) is 21.6 cm³/mol. The Balaban J connectivity index is 0. The van der Waals surface area contributed by atoms with E-state index in [1.54, 1.807) is 0 Å². The fraction of sp³-hybridized carbons (Fsp3) is 0. The first-order chi connectivity index (χ1) is 1.41. The van der Waals surface area contributed by atoms with Crippen LogP contribution in [0.15, 0.2) is 0 Å². The van der Waals surface area contributed by atoms with Crippen LogP contribution in [0.2, 0.25) is 0 Å². The third-order valence-electron chi connectivity index (χ3n) is 0. The van der Waals surface area contributed by atoms with Crippen LogP contribution in [0.4, 0.5) is 0 Å². The summed E-state index contributed by atoms with van der Waals surface area (Å²) < 4.78 is 0. The molecule has 0 N–H and O–H groups in total. The number of hydrogen-bond donors (Lipinski definition) is 0. The van der Waals surface area contributed by atoms with Crippen molar-refractivity contribution in [2.45, 2.75) is 0 Å². The van der Waals surface area contributed by atoms with Crippen molar-refractivity contribution in [3.63, 3.8) is 0 Å². The molecule has 0 saturated carbocycles. The van der Waals surface area contributed by atoms with Crippen LogP contribution in [-0.2, 0) is 13.1 Å². The molecule has 0 aromatic heterocycles. The first-order valence-electron chi connectivity index (χ1n) is 0.267. The zero-order valence-corrected chi connectivity index (χ0v) is 3.73. The van der Waals surface area contributed by atoms with E-state index in [9.17, 15) is 0 Å². The second-order valence-corrected chi connectivity index (χ2v) is 1.87. The maximum absolute atomic E-state index is 4.76. The first-order valence-corrected chi connectivity index (χ1v) is 3.31. The molecule has 0 amide bonds. The summed E-state index contributed by atoms with van der Waals surface area (Å²) in [5, 5.41) is 0. The summed E-state index contributed by atoms with van der Waals surface area (Å²) in [4.78, 5) is 0. The molecular weight excluding hydrogens is 154 g/mol. The third kappa shape index (κ3) is 9.45. The maximum atomic E-state index is 4.76. The normalized spacial score (nSPS) is 5.50. The second-order valence-electron chi connectivity index (χ2n) is 0.0505. The molecule has 0 aromatic carbocycles. The summed E-state index contributed by atoms with van der Waals surface area (Å²) in [5.74, 6) is 0. The average molecular weight is 157 g/mol. The van der Waals surface area contributed by atoms with E-state index in [-0.39, 0.29) is 30.5 Å². The number of hydrogen-bond acceptors (Lipinski definition) is 0. The van der Waals surface area contributed by atoms with Crippen molar-refractivity contribution < 1.29 is 13.1 Å². The van der Waals surface area contributed by atoms with Gasteiger partial charge in [0.1, 0.15) is 0 Å². The molecule has 28 valence electrons. The molecule has 0 nitrogen and oxygen atoms in total. The third-order valence-corrected chi connectivity index (χ3v) is 0. The molecule has 4 heavy (non-hydrogen) atoms. The Hall–Kier alpha value is 1.63. The van der Waals surface area contributed by atoms with Gasteiger partial charge in [-0.25, -0.2) is 0 Å². The van der Waals surface area contributed by atoms with E-state index in [1.165, 1.54) is 0 Å². The van der Waals surface area contributed by atoms with Crippen molar-refractivity contribution >= 4 is 37.6 Å². The summed E-state index contributed by atoms with van der Waals surface area (Å²) in [6, 6.07) is 0. The molecule has 0 unspecified atom stereocenters. The quantitative estimate of drug-likeness (QED) is 0.440. The molecule has 0 heterocycles. The Morgan fingerprint density at radius 1 is 1.25 bits per heavy atom. The van der Waals surface area contributed by atoms with Crippen LogP contribution >= 0.6 is 20.2 Å². The Kier molecular flexibility index (Phi) is 20.2. The molecule has 0 aliphatic rings. The van der Waals surface area contributed by atoms with Crippen LogP contribution in [0.5, 0.6) is 0 Å². The van der Waals surface area contributed by atoms with Crippen molar-refractivity contribution in [3.8, 4) is 0 Å². The summed E-state index contributed by atoms with van der Waals surface area (Å²) >= 11 is 0.194. The molecule has 0 fully saturated rings.